The molecule has 172 valence electrons. The van der Waals surface area contributed by atoms with Gasteiger partial charge < -0.3 is 19.1 Å². The largest absolute Gasteiger partial charge is 0.465 e. The molecule has 33 heavy (non-hydrogen) atoms. The first-order valence-electron chi connectivity index (χ1n) is 9.67. The third kappa shape index (κ3) is 6.64. The molecule has 0 atom stereocenters. The number of hydrogen-bond donors (Lipinski definition) is 0. The lowest BCUT2D eigenvalue weighted by atomic mass is 9.99. The van der Waals surface area contributed by atoms with E-state index in [9.17, 15) is 14.0 Å². The van der Waals surface area contributed by atoms with Crippen LogP contribution in [0.25, 0.3) is 0 Å². The topological polar surface area (TPSA) is 95.8 Å². The monoisotopic (exact) mass is 454 g/mol. The fourth-order valence-electron chi connectivity index (χ4n) is 2.78. The summed E-state index contributed by atoms with van der Waals surface area (Å²) in [6.45, 7) is 3.48. The van der Waals surface area contributed by atoms with Gasteiger partial charge >= 0.3 is 11.9 Å². The number of hydrogen-bond acceptors (Lipinski definition) is 8. The van der Waals surface area contributed by atoms with Crippen molar-refractivity contribution in [2.24, 2.45) is 10.3 Å². The van der Waals surface area contributed by atoms with Crippen molar-refractivity contribution in [2.75, 3.05) is 21.3 Å². The fourth-order valence-corrected chi connectivity index (χ4v) is 2.78. The van der Waals surface area contributed by atoms with Crippen LogP contribution in [0.3, 0.4) is 0 Å². The average Bonchev–Trinajstić information content (AvgIpc) is 2.81. The van der Waals surface area contributed by atoms with Gasteiger partial charge in [0.2, 0.25) is 0 Å². The van der Waals surface area contributed by atoms with Gasteiger partial charge in [-0.2, -0.15) is 0 Å². The molecule has 2 aromatic carbocycles. The molecule has 0 spiro atoms. The molecule has 0 fully saturated rings. The molecule has 8 nitrogen and oxygen atoms in total. The van der Waals surface area contributed by atoms with E-state index in [0.29, 0.717) is 16.8 Å². The molecule has 0 heterocycles. The van der Waals surface area contributed by atoms with Gasteiger partial charge in [-0.1, -0.05) is 34.4 Å². The van der Waals surface area contributed by atoms with E-state index < -0.39 is 17.8 Å². The van der Waals surface area contributed by atoms with Crippen LogP contribution in [0, 0.1) is 24.6 Å². The molecule has 0 unspecified atom stereocenters. The summed E-state index contributed by atoms with van der Waals surface area (Å²) in [5, 5.41) is 7.74. The van der Waals surface area contributed by atoms with Crippen LogP contribution in [0.15, 0.2) is 46.7 Å². The Kier molecular flexibility index (Phi) is 9.12. The maximum absolute atomic E-state index is 13.5. The number of carbonyl (C=O) groups is 2. The maximum Gasteiger partial charge on any atom is 0.360 e. The van der Waals surface area contributed by atoms with Crippen molar-refractivity contribution in [3.8, 4) is 11.8 Å². The van der Waals surface area contributed by atoms with Crippen molar-refractivity contribution in [3.05, 3.63) is 70.0 Å². The molecule has 0 saturated carbocycles. The maximum atomic E-state index is 13.5. The fraction of sp³-hybridized carbons (Fsp3) is 0.250. The molecule has 9 heteroatoms. The minimum absolute atomic E-state index is 0.00515. The number of oxime groups is 2. The Morgan fingerprint density at radius 3 is 2.45 bits per heavy atom. The zero-order valence-electron chi connectivity index (χ0n) is 18.9. The molecule has 0 bridgehead atoms. The zero-order chi connectivity index (χ0) is 24.4. The predicted octanol–water partition coefficient (Wildman–Crippen LogP) is 3.39. The van der Waals surface area contributed by atoms with Crippen LogP contribution in [-0.4, -0.2) is 44.7 Å². The summed E-state index contributed by atoms with van der Waals surface area (Å²) in [4.78, 5) is 34.2. The molecule has 0 aromatic heterocycles. The summed E-state index contributed by atoms with van der Waals surface area (Å²) in [5.41, 5.74) is 2.59. The Hall–Kier alpha value is -4.19. The number of benzene rings is 2. The molecule has 0 amide bonds. The van der Waals surface area contributed by atoms with Crippen LogP contribution in [0.2, 0.25) is 0 Å². The molecule has 2 aromatic rings. The van der Waals surface area contributed by atoms with Crippen molar-refractivity contribution in [1.82, 2.24) is 0 Å². The average molecular weight is 454 g/mol. The molecule has 2 rings (SSSR count). The van der Waals surface area contributed by atoms with Gasteiger partial charge in [-0.05, 0) is 43.5 Å². The van der Waals surface area contributed by atoms with Crippen LogP contribution >= 0.6 is 0 Å². The van der Waals surface area contributed by atoms with E-state index in [2.05, 4.69) is 26.9 Å². The van der Waals surface area contributed by atoms with E-state index in [1.165, 1.54) is 33.5 Å². The smallest absolute Gasteiger partial charge is 0.360 e. The Morgan fingerprint density at radius 2 is 1.79 bits per heavy atom. The minimum Gasteiger partial charge on any atom is -0.465 e. The molecular weight excluding hydrogens is 431 g/mol. The second kappa shape index (κ2) is 12.0. The number of nitrogens with zero attached hydrogens (tertiary/aromatic N) is 2. The van der Waals surface area contributed by atoms with Crippen molar-refractivity contribution in [3.63, 3.8) is 0 Å². The first-order chi connectivity index (χ1) is 15.8. The molecule has 0 saturated heterocycles. The second-order valence-corrected chi connectivity index (χ2v) is 6.60. The van der Waals surface area contributed by atoms with E-state index in [4.69, 9.17) is 14.4 Å². The number of rotatable bonds is 7. The van der Waals surface area contributed by atoms with Crippen molar-refractivity contribution < 1.29 is 33.1 Å². The highest BCUT2D eigenvalue weighted by molar-refractivity contribution is 6.43. The number of esters is 2. The van der Waals surface area contributed by atoms with Gasteiger partial charge in [-0.25, -0.2) is 14.0 Å². The number of halogens is 1. The van der Waals surface area contributed by atoms with Crippen LogP contribution in [0.5, 0.6) is 0 Å². The summed E-state index contributed by atoms with van der Waals surface area (Å²) in [6.07, 6.45) is 0. The van der Waals surface area contributed by atoms with E-state index in [1.54, 1.807) is 19.1 Å². The third-order valence-electron chi connectivity index (χ3n) is 4.40. The molecule has 0 radical (unpaired) electrons. The lowest BCUT2D eigenvalue weighted by Crippen LogP contribution is -2.20. The van der Waals surface area contributed by atoms with E-state index in [-0.39, 0.29) is 23.4 Å². The van der Waals surface area contributed by atoms with E-state index in [0.717, 1.165) is 11.6 Å². The highest BCUT2D eigenvalue weighted by atomic mass is 19.1. The molecular formula is C24H23FN2O6. The van der Waals surface area contributed by atoms with Gasteiger partial charge in [0, 0.05) is 16.7 Å². The number of methoxy groups -OCH3 is 2. The van der Waals surface area contributed by atoms with Crippen LogP contribution in [-0.2, 0) is 30.6 Å². The normalized spacial score (nSPS) is 11.2. The standard InChI is InChI=1S/C24H23FN2O6/c1-15-7-6-8-19(22(27-32-5)24(29)31-4)21(15)14-33-26-16(2)9-10-17-11-12-18(25)13-20(17)23(28)30-3/h6-8,11-13H,14H2,1-5H3/b26-16+,27-22+. The van der Waals surface area contributed by atoms with E-state index >= 15 is 0 Å². The number of ether oxygens (including phenoxy) is 2. The first-order valence-corrected chi connectivity index (χ1v) is 9.67. The Labute approximate surface area is 191 Å². The van der Waals surface area contributed by atoms with Gasteiger partial charge in [0.1, 0.15) is 25.2 Å². The molecule has 0 N–H and O–H groups in total. The van der Waals surface area contributed by atoms with Crippen LogP contribution in [0.1, 0.15) is 39.5 Å². The molecule has 0 aliphatic carbocycles. The highest BCUT2D eigenvalue weighted by Gasteiger charge is 2.20. The van der Waals surface area contributed by atoms with Gasteiger partial charge in [0.05, 0.1) is 19.8 Å². The lowest BCUT2D eigenvalue weighted by Gasteiger charge is -2.12. The van der Waals surface area contributed by atoms with Gasteiger partial charge in [0.15, 0.2) is 5.71 Å². The summed E-state index contributed by atoms with van der Waals surface area (Å²) in [5.74, 6) is 3.58. The SMILES string of the molecule is CO/N=C(/C(=O)OC)c1cccc(C)c1CO/N=C(\C)C#Cc1ccc(F)cc1C(=O)OC. The Morgan fingerprint density at radius 1 is 1.03 bits per heavy atom. The summed E-state index contributed by atoms with van der Waals surface area (Å²) < 4.78 is 22.9. The summed E-state index contributed by atoms with van der Waals surface area (Å²) in [7, 11) is 3.78. The predicted molar refractivity (Wildman–Crippen MR) is 119 cm³/mol. The molecule has 0 aliphatic rings. The van der Waals surface area contributed by atoms with Gasteiger partial charge in [0.25, 0.3) is 0 Å². The lowest BCUT2D eigenvalue weighted by molar-refractivity contribution is -0.132. The van der Waals surface area contributed by atoms with Crippen LogP contribution in [0.4, 0.5) is 4.39 Å². The third-order valence-corrected chi connectivity index (χ3v) is 4.40. The quantitative estimate of drug-likeness (QED) is 0.275. The van der Waals surface area contributed by atoms with E-state index in [1.807, 2.05) is 13.0 Å². The highest BCUT2D eigenvalue weighted by Crippen LogP contribution is 2.18. The van der Waals surface area contributed by atoms with Crippen molar-refractivity contribution in [1.29, 1.82) is 0 Å². The second-order valence-electron chi connectivity index (χ2n) is 6.60. The minimum atomic E-state index is -0.698. The van der Waals surface area contributed by atoms with Crippen molar-refractivity contribution in [2.45, 2.75) is 20.5 Å². The Bertz CT molecular complexity index is 1160. The van der Waals surface area contributed by atoms with Gasteiger partial charge in [-0.15, -0.1) is 0 Å². The van der Waals surface area contributed by atoms with Gasteiger partial charge in [-0.3, -0.25) is 0 Å². The summed E-state index contributed by atoms with van der Waals surface area (Å²) in [6, 6.07) is 8.94. The van der Waals surface area contributed by atoms with Crippen LogP contribution < -0.4 is 0 Å². The first kappa shape index (κ1) is 25.1. The molecule has 0 aliphatic heterocycles. The number of carbonyl (C=O) groups excluding carboxylic acids is 2. The Balaban J connectivity index is 2.25. The van der Waals surface area contributed by atoms with Crippen molar-refractivity contribution >= 4 is 23.4 Å². The number of aryl methyl sites for hydroxylation is 1. The summed E-state index contributed by atoms with van der Waals surface area (Å²) >= 11 is 0. The zero-order valence-corrected chi connectivity index (χ0v) is 18.9.